The van der Waals surface area contributed by atoms with Crippen LogP contribution in [0.2, 0.25) is 0 Å². The lowest BCUT2D eigenvalue weighted by atomic mass is 10.3. The Balaban J connectivity index is 2.47. The van der Waals surface area contributed by atoms with E-state index in [2.05, 4.69) is 25.1 Å². The van der Waals surface area contributed by atoms with Gasteiger partial charge in [-0.1, -0.05) is 11.8 Å². The highest BCUT2D eigenvalue weighted by atomic mass is 32.2. The first-order chi connectivity index (χ1) is 6.76. The molecule has 0 aromatic carbocycles. The van der Waals surface area contributed by atoms with Crippen molar-refractivity contribution in [1.82, 2.24) is 20.4 Å². The third kappa shape index (κ3) is 3.25. The number of thioether (sulfide) groups is 1. The Morgan fingerprint density at radius 3 is 2.50 bits per heavy atom. The molecule has 0 unspecified atom stereocenters. The van der Waals surface area contributed by atoms with E-state index in [0.717, 1.165) is 0 Å². The molecule has 0 N–H and O–H groups in total. The minimum Gasteiger partial charge on any atom is -0.469 e. The number of hydrogen-bond acceptors (Lipinski definition) is 7. The maximum atomic E-state index is 10.8. The number of esters is 1. The maximum absolute atomic E-state index is 10.8. The molecule has 0 radical (unpaired) electrons. The number of aromatic nitrogens is 4. The molecule has 0 saturated carbocycles. The second-order valence-corrected chi connectivity index (χ2v) is 3.15. The van der Waals surface area contributed by atoms with E-state index in [0.29, 0.717) is 17.4 Å². The van der Waals surface area contributed by atoms with Gasteiger partial charge in [0.15, 0.2) is 5.82 Å². The fourth-order valence-corrected chi connectivity index (χ4v) is 0.984. The van der Waals surface area contributed by atoms with Crippen LogP contribution in [0.3, 0.4) is 0 Å². The molecule has 1 aromatic heterocycles. The van der Waals surface area contributed by atoms with Gasteiger partial charge in [-0.2, -0.15) is 0 Å². The van der Waals surface area contributed by atoms with Crippen molar-refractivity contribution in [2.75, 3.05) is 13.4 Å². The van der Waals surface area contributed by atoms with Gasteiger partial charge in [0.25, 0.3) is 0 Å². The molecule has 0 saturated heterocycles. The fraction of sp³-hybridized carbons (Fsp3) is 0.571. The van der Waals surface area contributed by atoms with Gasteiger partial charge in [0.1, 0.15) is 0 Å². The van der Waals surface area contributed by atoms with E-state index >= 15 is 0 Å². The Morgan fingerprint density at radius 1 is 1.36 bits per heavy atom. The number of hydrogen-bond donors (Lipinski definition) is 0. The average molecular weight is 214 g/mol. The average Bonchev–Trinajstić information content (AvgIpc) is 2.26. The van der Waals surface area contributed by atoms with Crippen molar-refractivity contribution in [3.05, 3.63) is 5.82 Å². The van der Waals surface area contributed by atoms with E-state index in [9.17, 15) is 4.79 Å². The van der Waals surface area contributed by atoms with Crippen molar-refractivity contribution in [2.24, 2.45) is 0 Å². The third-order valence-corrected chi connectivity index (χ3v) is 1.99. The molecular formula is C7H10N4O2S. The number of carbonyl (C=O) groups excluding carboxylic acids is 1. The smallest absolute Gasteiger partial charge is 0.305 e. The van der Waals surface area contributed by atoms with E-state index in [1.54, 1.807) is 0 Å². The molecule has 14 heavy (non-hydrogen) atoms. The monoisotopic (exact) mass is 214 g/mol. The second-order valence-electron chi connectivity index (χ2n) is 2.38. The number of aryl methyl sites for hydroxylation is 1. The summed E-state index contributed by atoms with van der Waals surface area (Å²) < 4.78 is 4.48. The zero-order valence-electron chi connectivity index (χ0n) is 7.93. The molecule has 0 amide bonds. The van der Waals surface area contributed by atoms with Gasteiger partial charge in [0.2, 0.25) is 5.16 Å². The van der Waals surface area contributed by atoms with Gasteiger partial charge in [0.05, 0.1) is 13.5 Å². The Bertz CT molecular complexity index is 303. The van der Waals surface area contributed by atoms with Crippen LogP contribution in [0.4, 0.5) is 0 Å². The molecule has 0 aliphatic carbocycles. The minimum atomic E-state index is -0.289. The first kappa shape index (κ1) is 10.8. The SMILES string of the molecule is COC(=O)CCc1nnc(SC)nn1. The van der Waals surface area contributed by atoms with Crippen LogP contribution < -0.4 is 0 Å². The molecule has 0 bridgehead atoms. The predicted octanol–water partition coefficient (Wildman–Crippen LogP) is 0.0941. The van der Waals surface area contributed by atoms with Crippen LogP contribution in [0.5, 0.6) is 0 Å². The molecular weight excluding hydrogens is 204 g/mol. The lowest BCUT2D eigenvalue weighted by Crippen LogP contribution is -2.07. The normalized spacial score (nSPS) is 9.86. The topological polar surface area (TPSA) is 77.9 Å². The highest BCUT2D eigenvalue weighted by molar-refractivity contribution is 7.98. The number of methoxy groups -OCH3 is 1. The molecule has 6 nitrogen and oxygen atoms in total. The largest absolute Gasteiger partial charge is 0.469 e. The summed E-state index contributed by atoms with van der Waals surface area (Å²) in [5.74, 6) is 0.163. The number of carbonyl (C=O) groups is 1. The van der Waals surface area contributed by atoms with E-state index in [1.165, 1.54) is 18.9 Å². The van der Waals surface area contributed by atoms with Gasteiger partial charge in [-0.25, -0.2) is 0 Å². The van der Waals surface area contributed by atoms with Crippen LogP contribution in [0.1, 0.15) is 12.2 Å². The van der Waals surface area contributed by atoms with Crippen LogP contribution in [-0.4, -0.2) is 39.7 Å². The highest BCUT2D eigenvalue weighted by Gasteiger charge is 2.04. The van der Waals surface area contributed by atoms with Crippen LogP contribution in [0.25, 0.3) is 0 Å². The number of rotatable bonds is 4. The zero-order chi connectivity index (χ0) is 10.4. The van der Waals surface area contributed by atoms with Gasteiger partial charge in [-0.3, -0.25) is 4.79 Å². The van der Waals surface area contributed by atoms with Crippen molar-refractivity contribution in [2.45, 2.75) is 18.0 Å². The van der Waals surface area contributed by atoms with Crippen molar-refractivity contribution in [3.63, 3.8) is 0 Å². The molecule has 0 fully saturated rings. The Kier molecular flexibility index (Phi) is 4.24. The summed E-state index contributed by atoms with van der Waals surface area (Å²) in [4.78, 5) is 10.8. The van der Waals surface area contributed by atoms with Gasteiger partial charge < -0.3 is 4.74 Å². The summed E-state index contributed by atoms with van der Waals surface area (Å²) in [6.07, 6.45) is 2.49. The summed E-state index contributed by atoms with van der Waals surface area (Å²) in [6.45, 7) is 0. The Hall–Kier alpha value is -1.24. The fourth-order valence-electron chi connectivity index (χ4n) is 0.739. The van der Waals surface area contributed by atoms with Crippen LogP contribution in [0, 0.1) is 0 Å². The first-order valence-electron chi connectivity index (χ1n) is 3.93. The summed E-state index contributed by atoms with van der Waals surface area (Å²) >= 11 is 1.37. The molecule has 0 atom stereocenters. The summed E-state index contributed by atoms with van der Waals surface area (Å²) in [6, 6.07) is 0. The molecule has 0 aliphatic rings. The van der Waals surface area contributed by atoms with Crippen molar-refractivity contribution in [1.29, 1.82) is 0 Å². The van der Waals surface area contributed by atoms with Gasteiger partial charge >= 0.3 is 5.97 Å². The van der Waals surface area contributed by atoms with Crippen LogP contribution in [-0.2, 0) is 16.0 Å². The van der Waals surface area contributed by atoms with E-state index in [1.807, 2.05) is 6.26 Å². The minimum absolute atomic E-state index is 0.248. The van der Waals surface area contributed by atoms with E-state index < -0.39 is 0 Å². The lowest BCUT2D eigenvalue weighted by molar-refractivity contribution is -0.140. The molecule has 1 aromatic rings. The van der Waals surface area contributed by atoms with Crippen LogP contribution in [0.15, 0.2) is 5.16 Å². The third-order valence-electron chi connectivity index (χ3n) is 1.46. The molecule has 76 valence electrons. The molecule has 1 rings (SSSR count). The van der Waals surface area contributed by atoms with Crippen molar-refractivity contribution >= 4 is 17.7 Å². The lowest BCUT2D eigenvalue weighted by Gasteiger charge is -1.97. The van der Waals surface area contributed by atoms with Crippen molar-refractivity contribution < 1.29 is 9.53 Å². The first-order valence-corrected chi connectivity index (χ1v) is 5.16. The zero-order valence-corrected chi connectivity index (χ0v) is 8.74. The summed E-state index contributed by atoms with van der Waals surface area (Å²) in [7, 11) is 1.34. The predicted molar refractivity (Wildman–Crippen MR) is 49.7 cm³/mol. The van der Waals surface area contributed by atoms with Crippen LogP contribution >= 0.6 is 11.8 Å². The number of ether oxygens (including phenoxy) is 1. The molecule has 0 spiro atoms. The number of nitrogens with zero attached hydrogens (tertiary/aromatic N) is 4. The molecule has 0 aliphatic heterocycles. The van der Waals surface area contributed by atoms with E-state index in [4.69, 9.17) is 0 Å². The standard InChI is InChI=1S/C7H10N4O2S/c1-13-6(12)4-3-5-8-10-7(14-2)11-9-5/h3-4H2,1-2H3. The Morgan fingerprint density at radius 2 is 2.00 bits per heavy atom. The molecule has 1 heterocycles. The Labute approximate surface area is 85.5 Å². The van der Waals surface area contributed by atoms with Gasteiger partial charge in [-0.05, 0) is 6.26 Å². The van der Waals surface area contributed by atoms with Crippen molar-refractivity contribution in [3.8, 4) is 0 Å². The van der Waals surface area contributed by atoms with Gasteiger partial charge in [0, 0.05) is 6.42 Å². The quantitative estimate of drug-likeness (QED) is 0.519. The molecule has 7 heteroatoms. The van der Waals surface area contributed by atoms with E-state index in [-0.39, 0.29) is 12.4 Å². The second kappa shape index (κ2) is 5.48. The van der Waals surface area contributed by atoms with Gasteiger partial charge in [-0.15, -0.1) is 20.4 Å². The summed E-state index contributed by atoms with van der Waals surface area (Å²) in [5.41, 5.74) is 0. The maximum Gasteiger partial charge on any atom is 0.305 e. The summed E-state index contributed by atoms with van der Waals surface area (Å²) in [5, 5.41) is 15.7. The highest BCUT2D eigenvalue weighted by Crippen LogP contribution is 2.03.